The summed E-state index contributed by atoms with van der Waals surface area (Å²) in [6.45, 7) is 14.1. The second-order valence-electron chi connectivity index (χ2n) is 11.9. The van der Waals surface area contributed by atoms with Crippen LogP contribution in [0.3, 0.4) is 0 Å². The van der Waals surface area contributed by atoms with Gasteiger partial charge in [0, 0.05) is 39.4 Å². The molecule has 0 atom stereocenters. The van der Waals surface area contributed by atoms with E-state index in [1.165, 1.54) is 56.1 Å². The van der Waals surface area contributed by atoms with E-state index < -0.39 is 0 Å². The summed E-state index contributed by atoms with van der Waals surface area (Å²) in [5, 5.41) is 3.77. The first-order valence-electron chi connectivity index (χ1n) is 12.6. The number of aromatic nitrogens is 1. The van der Waals surface area contributed by atoms with Crippen LogP contribution >= 0.6 is 0 Å². The fraction of sp³-hybridized carbons (Fsp3) is 0.281. The Bertz CT molecular complexity index is 1560. The molecule has 0 aliphatic carbocycles. The van der Waals surface area contributed by atoms with Gasteiger partial charge in [-0.1, -0.05) is 84.0 Å². The van der Waals surface area contributed by atoms with E-state index in [1.54, 1.807) is 0 Å². The number of hydrogen-bond donors (Lipinski definition) is 1. The average molecular weight is 458 g/mol. The Labute approximate surface area is 207 Å². The maximum atomic E-state index is 4.97. The van der Waals surface area contributed by atoms with Crippen LogP contribution in [0.5, 0.6) is 0 Å². The van der Waals surface area contributed by atoms with Gasteiger partial charge in [-0.05, 0) is 52.1 Å². The van der Waals surface area contributed by atoms with Gasteiger partial charge in [0.15, 0.2) is 0 Å². The molecule has 4 aromatic rings. The lowest BCUT2D eigenvalue weighted by atomic mass is 9.65. The zero-order valence-electron chi connectivity index (χ0n) is 21.3. The van der Waals surface area contributed by atoms with Gasteiger partial charge in [-0.3, -0.25) is 4.90 Å². The fourth-order valence-corrected chi connectivity index (χ4v) is 6.81. The molecule has 1 aromatic heterocycles. The Balaban J connectivity index is 1.57. The Hall–Kier alpha value is -3.59. The minimum Gasteiger partial charge on any atom is -0.355 e. The molecular weight excluding hydrogens is 426 g/mol. The van der Waals surface area contributed by atoms with Gasteiger partial charge in [0.05, 0.1) is 11.4 Å². The summed E-state index contributed by atoms with van der Waals surface area (Å²) in [5.41, 5.74) is 12.6. The van der Waals surface area contributed by atoms with Crippen molar-refractivity contribution >= 4 is 28.6 Å². The number of hydrogen-bond acceptors (Lipinski definition) is 3. The highest BCUT2D eigenvalue weighted by molar-refractivity contribution is 5.93. The molecule has 35 heavy (non-hydrogen) atoms. The number of nitrogens with one attached hydrogen (secondary N) is 1. The molecule has 0 amide bonds. The zero-order valence-corrected chi connectivity index (χ0v) is 21.3. The van der Waals surface area contributed by atoms with E-state index in [0.29, 0.717) is 0 Å². The number of anilines is 5. The predicted molar refractivity (Wildman–Crippen MR) is 145 cm³/mol. The Morgan fingerprint density at radius 2 is 1.23 bits per heavy atom. The fourth-order valence-electron chi connectivity index (χ4n) is 6.81. The van der Waals surface area contributed by atoms with Gasteiger partial charge in [-0.15, -0.1) is 0 Å². The van der Waals surface area contributed by atoms with Crippen LogP contribution in [0.1, 0.15) is 74.9 Å². The maximum absolute atomic E-state index is 4.97. The van der Waals surface area contributed by atoms with Crippen LogP contribution < -0.4 is 10.2 Å². The van der Waals surface area contributed by atoms with E-state index in [0.717, 1.165) is 5.82 Å². The van der Waals surface area contributed by atoms with Gasteiger partial charge in [-0.25, -0.2) is 4.98 Å². The minimum atomic E-state index is -0.137. The van der Waals surface area contributed by atoms with Gasteiger partial charge >= 0.3 is 0 Å². The highest BCUT2D eigenvalue weighted by Crippen LogP contribution is 2.61. The summed E-state index contributed by atoms with van der Waals surface area (Å²) in [4.78, 5) is 7.40. The number of pyridine rings is 1. The second-order valence-corrected chi connectivity index (χ2v) is 11.9. The largest absolute Gasteiger partial charge is 0.355 e. The first-order chi connectivity index (χ1) is 16.6. The van der Waals surface area contributed by atoms with Crippen LogP contribution in [-0.2, 0) is 16.2 Å². The van der Waals surface area contributed by atoms with Crippen LogP contribution in [0, 0.1) is 0 Å². The molecule has 0 spiro atoms. The van der Waals surface area contributed by atoms with E-state index in [2.05, 4.69) is 118 Å². The summed E-state index contributed by atoms with van der Waals surface area (Å²) in [6.07, 6.45) is 1.93. The van der Waals surface area contributed by atoms with Gasteiger partial charge in [-0.2, -0.15) is 0 Å². The lowest BCUT2D eigenvalue weighted by molar-refractivity contribution is 0.588. The summed E-state index contributed by atoms with van der Waals surface area (Å²) in [5.74, 6) is 1.05. The minimum absolute atomic E-state index is 0.0928. The summed E-state index contributed by atoms with van der Waals surface area (Å²) < 4.78 is 0. The molecule has 0 saturated carbocycles. The molecule has 174 valence electrons. The van der Waals surface area contributed by atoms with Crippen molar-refractivity contribution in [1.82, 2.24) is 4.98 Å². The molecule has 0 radical (unpaired) electrons. The van der Waals surface area contributed by atoms with Crippen LogP contribution in [0.15, 0.2) is 72.9 Å². The monoisotopic (exact) mass is 457 g/mol. The molecule has 3 aliphatic heterocycles. The van der Waals surface area contributed by atoms with Crippen LogP contribution in [-0.4, -0.2) is 4.98 Å². The van der Waals surface area contributed by atoms with Crippen LogP contribution in [0.25, 0.3) is 0 Å². The van der Waals surface area contributed by atoms with E-state index in [-0.39, 0.29) is 16.2 Å². The molecule has 0 saturated heterocycles. The lowest BCUT2D eigenvalue weighted by Crippen LogP contribution is -2.39. The molecule has 4 heterocycles. The molecule has 7 rings (SSSR count). The Morgan fingerprint density at radius 1 is 0.600 bits per heavy atom. The zero-order chi connectivity index (χ0) is 24.3. The molecule has 3 heteroatoms. The number of para-hydroxylation sites is 2. The SMILES string of the molecule is CC1(C)c2ccccc2Nc2cc3c(cc21)C(C)(C)c1cccc2c1N3c1ncccc1C2(C)C. The summed E-state index contributed by atoms with van der Waals surface area (Å²) in [6, 6.07) is 24.7. The Kier molecular flexibility index (Phi) is 3.76. The number of benzene rings is 3. The van der Waals surface area contributed by atoms with E-state index in [4.69, 9.17) is 4.98 Å². The van der Waals surface area contributed by atoms with E-state index in [1.807, 2.05) is 6.20 Å². The highest BCUT2D eigenvalue weighted by Gasteiger charge is 2.47. The molecule has 3 nitrogen and oxygen atoms in total. The average Bonchev–Trinajstić information content (AvgIpc) is 2.83. The number of rotatable bonds is 0. The predicted octanol–water partition coefficient (Wildman–Crippen LogP) is 8.21. The maximum Gasteiger partial charge on any atom is 0.141 e. The quantitative estimate of drug-likeness (QED) is 0.288. The standard InChI is InChI=1S/C32H31N3/c1-30(2)19-11-7-8-15-25(19)34-26-18-27-24(17-23(26)30)32(5,6)21-13-9-12-20-28(21)35(27)29-22(31(20,3)4)14-10-16-33-29/h7-18,34H,1-6H3. The molecule has 3 aromatic carbocycles. The van der Waals surface area contributed by atoms with Gasteiger partial charge in [0.25, 0.3) is 0 Å². The first-order valence-corrected chi connectivity index (χ1v) is 12.6. The molecule has 1 N–H and O–H groups in total. The Morgan fingerprint density at radius 3 is 2.00 bits per heavy atom. The van der Waals surface area contributed by atoms with Crippen molar-refractivity contribution in [1.29, 1.82) is 0 Å². The van der Waals surface area contributed by atoms with Crippen molar-refractivity contribution in [2.75, 3.05) is 10.2 Å². The van der Waals surface area contributed by atoms with E-state index >= 15 is 0 Å². The van der Waals surface area contributed by atoms with Crippen LogP contribution in [0.4, 0.5) is 28.6 Å². The van der Waals surface area contributed by atoms with Crippen molar-refractivity contribution in [3.05, 3.63) is 106 Å². The van der Waals surface area contributed by atoms with Crippen molar-refractivity contribution in [3.63, 3.8) is 0 Å². The van der Waals surface area contributed by atoms with Crippen molar-refractivity contribution in [2.45, 2.75) is 57.8 Å². The van der Waals surface area contributed by atoms with Crippen molar-refractivity contribution in [3.8, 4) is 0 Å². The molecule has 0 unspecified atom stereocenters. The van der Waals surface area contributed by atoms with Gasteiger partial charge < -0.3 is 5.32 Å². The molecule has 0 bridgehead atoms. The third-order valence-corrected chi connectivity index (χ3v) is 8.87. The number of nitrogens with zero attached hydrogens (tertiary/aromatic N) is 2. The second kappa shape index (κ2) is 6.34. The summed E-state index contributed by atoms with van der Waals surface area (Å²) in [7, 11) is 0. The van der Waals surface area contributed by atoms with Crippen LogP contribution in [0.2, 0.25) is 0 Å². The summed E-state index contributed by atoms with van der Waals surface area (Å²) >= 11 is 0. The van der Waals surface area contributed by atoms with Crippen molar-refractivity contribution < 1.29 is 0 Å². The highest BCUT2D eigenvalue weighted by atomic mass is 15.2. The lowest BCUT2D eigenvalue weighted by Gasteiger charge is -2.49. The third kappa shape index (κ3) is 2.43. The van der Waals surface area contributed by atoms with E-state index in [9.17, 15) is 0 Å². The third-order valence-electron chi connectivity index (χ3n) is 8.87. The molecule has 0 fully saturated rings. The molecular formula is C32H31N3. The first kappa shape index (κ1) is 20.8. The molecule has 3 aliphatic rings. The topological polar surface area (TPSA) is 28.2 Å². The van der Waals surface area contributed by atoms with Gasteiger partial charge in [0.2, 0.25) is 0 Å². The number of fused-ring (bicyclic) bond motifs is 6. The van der Waals surface area contributed by atoms with Gasteiger partial charge in [0.1, 0.15) is 5.82 Å². The van der Waals surface area contributed by atoms with Crippen molar-refractivity contribution in [2.24, 2.45) is 0 Å². The smallest absolute Gasteiger partial charge is 0.141 e. The normalized spacial score (nSPS) is 18.9.